The standard InChI is InChI=1S/C13H16ClN3O2/c1-4-15-8(2)13-16-12(17-19-13)10-6-5-9(14)7-11(10)18-3/h5-8,15H,4H2,1-3H3. The van der Waals surface area contributed by atoms with Crippen molar-refractivity contribution >= 4 is 11.6 Å². The third-order valence-electron chi connectivity index (χ3n) is 2.73. The highest BCUT2D eigenvalue weighted by Gasteiger charge is 2.16. The summed E-state index contributed by atoms with van der Waals surface area (Å²) < 4.78 is 10.5. The van der Waals surface area contributed by atoms with Gasteiger partial charge >= 0.3 is 0 Å². The topological polar surface area (TPSA) is 60.2 Å². The van der Waals surface area contributed by atoms with Crippen LogP contribution in [0.15, 0.2) is 22.7 Å². The number of rotatable bonds is 5. The number of nitrogens with zero attached hydrogens (tertiary/aromatic N) is 2. The van der Waals surface area contributed by atoms with Gasteiger partial charge in [-0.05, 0) is 31.7 Å². The largest absolute Gasteiger partial charge is 0.496 e. The minimum atomic E-state index is 0.0181. The molecule has 19 heavy (non-hydrogen) atoms. The van der Waals surface area contributed by atoms with Crippen LogP contribution in [-0.2, 0) is 0 Å². The van der Waals surface area contributed by atoms with E-state index in [2.05, 4.69) is 15.5 Å². The summed E-state index contributed by atoms with van der Waals surface area (Å²) in [7, 11) is 1.58. The Balaban J connectivity index is 2.32. The number of ether oxygens (including phenoxy) is 1. The summed E-state index contributed by atoms with van der Waals surface area (Å²) in [6, 6.07) is 5.32. The van der Waals surface area contributed by atoms with Crippen molar-refractivity contribution in [3.63, 3.8) is 0 Å². The lowest BCUT2D eigenvalue weighted by molar-refractivity contribution is 0.342. The Morgan fingerprint density at radius 3 is 2.95 bits per heavy atom. The van der Waals surface area contributed by atoms with Gasteiger partial charge in [-0.2, -0.15) is 4.98 Å². The first-order chi connectivity index (χ1) is 9.15. The Morgan fingerprint density at radius 2 is 2.26 bits per heavy atom. The van der Waals surface area contributed by atoms with Gasteiger partial charge in [0.1, 0.15) is 5.75 Å². The number of hydrogen-bond acceptors (Lipinski definition) is 5. The van der Waals surface area contributed by atoms with E-state index in [0.29, 0.717) is 22.5 Å². The number of halogens is 1. The van der Waals surface area contributed by atoms with Crippen molar-refractivity contribution in [2.45, 2.75) is 19.9 Å². The third-order valence-corrected chi connectivity index (χ3v) is 2.96. The third kappa shape index (κ3) is 3.05. The molecule has 102 valence electrons. The lowest BCUT2D eigenvalue weighted by atomic mass is 10.2. The van der Waals surface area contributed by atoms with Gasteiger partial charge in [-0.3, -0.25) is 0 Å². The number of hydrogen-bond donors (Lipinski definition) is 1. The normalized spacial score (nSPS) is 12.4. The van der Waals surface area contributed by atoms with E-state index in [9.17, 15) is 0 Å². The maximum atomic E-state index is 5.93. The SMILES string of the molecule is CCNC(C)c1nc(-c2ccc(Cl)cc2OC)no1. The van der Waals surface area contributed by atoms with Crippen molar-refractivity contribution in [2.75, 3.05) is 13.7 Å². The van der Waals surface area contributed by atoms with E-state index < -0.39 is 0 Å². The van der Waals surface area contributed by atoms with Crippen LogP contribution in [0.1, 0.15) is 25.8 Å². The molecule has 0 radical (unpaired) electrons. The van der Waals surface area contributed by atoms with Crippen LogP contribution in [0.3, 0.4) is 0 Å². The smallest absolute Gasteiger partial charge is 0.243 e. The first-order valence-corrected chi connectivity index (χ1v) is 6.44. The lowest BCUT2D eigenvalue weighted by Crippen LogP contribution is -2.17. The molecule has 0 saturated carbocycles. The Labute approximate surface area is 116 Å². The molecule has 0 saturated heterocycles. The van der Waals surface area contributed by atoms with Gasteiger partial charge in [0.25, 0.3) is 0 Å². The number of benzene rings is 1. The van der Waals surface area contributed by atoms with E-state index in [4.69, 9.17) is 20.9 Å². The number of aromatic nitrogens is 2. The van der Waals surface area contributed by atoms with Gasteiger partial charge in [0.2, 0.25) is 11.7 Å². The minimum Gasteiger partial charge on any atom is -0.496 e. The van der Waals surface area contributed by atoms with Crippen molar-refractivity contribution in [1.29, 1.82) is 0 Å². The molecule has 0 bridgehead atoms. The molecule has 1 heterocycles. The van der Waals surface area contributed by atoms with Crippen LogP contribution in [-0.4, -0.2) is 23.8 Å². The fourth-order valence-electron chi connectivity index (χ4n) is 1.76. The predicted octanol–water partition coefficient (Wildman–Crippen LogP) is 3.07. The molecule has 2 rings (SSSR count). The Hall–Kier alpha value is -1.59. The molecule has 5 nitrogen and oxygen atoms in total. The number of methoxy groups -OCH3 is 1. The zero-order valence-corrected chi connectivity index (χ0v) is 11.9. The first-order valence-electron chi connectivity index (χ1n) is 6.06. The molecule has 0 fully saturated rings. The fraction of sp³-hybridized carbons (Fsp3) is 0.385. The molecule has 1 aromatic heterocycles. The Bertz CT molecular complexity index is 557. The van der Waals surface area contributed by atoms with E-state index in [1.807, 2.05) is 19.9 Å². The monoisotopic (exact) mass is 281 g/mol. The summed E-state index contributed by atoms with van der Waals surface area (Å²) in [5, 5.41) is 7.80. The van der Waals surface area contributed by atoms with Crippen LogP contribution in [0.5, 0.6) is 5.75 Å². The molecular formula is C13H16ClN3O2. The molecule has 6 heteroatoms. The number of nitrogens with one attached hydrogen (secondary N) is 1. The van der Waals surface area contributed by atoms with Crippen LogP contribution in [0, 0.1) is 0 Å². The molecule has 1 atom stereocenters. The van der Waals surface area contributed by atoms with Gasteiger partial charge in [0.05, 0.1) is 18.7 Å². The van der Waals surface area contributed by atoms with Gasteiger partial charge < -0.3 is 14.6 Å². The van der Waals surface area contributed by atoms with Crippen LogP contribution in [0.25, 0.3) is 11.4 Å². The highest BCUT2D eigenvalue weighted by molar-refractivity contribution is 6.30. The second-order valence-electron chi connectivity index (χ2n) is 4.08. The average Bonchev–Trinajstić information content (AvgIpc) is 2.88. The van der Waals surface area contributed by atoms with E-state index in [0.717, 1.165) is 12.1 Å². The van der Waals surface area contributed by atoms with Crippen molar-refractivity contribution in [3.05, 3.63) is 29.1 Å². The Morgan fingerprint density at radius 1 is 1.47 bits per heavy atom. The maximum absolute atomic E-state index is 5.93. The molecule has 0 amide bonds. The molecule has 1 aromatic carbocycles. The lowest BCUT2D eigenvalue weighted by Gasteiger charge is -2.06. The van der Waals surface area contributed by atoms with Gasteiger partial charge in [0, 0.05) is 5.02 Å². The van der Waals surface area contributed by atoms with Crippen LogP contribution >= 0.6 is 11.6 Å². The molecule has 0 aliphatic carbocycles. The Kier molecular flexibility index (Phi) is 4.39. The summed E-state index contributed by atoms with van der Waals surface area (Å²) in [6.07, 6.45) is 0. The highest BCUT2D eigenvalue weighted by Crippen LogP contribution is 2.31. The fourth-order valence-corrected chi connectivity index (χ4v) is 1.93. The second kappa shape index (κ2) is 6.04. The van der Waals surface area contributed by atoms with E-state index >= 15 is 0 Å². The zero-order valence-electron chi connectivity index (χ0n) is 11.1. The minimum absolute atomic E-state index is 0.0181. The second-order valence-corrected chi connectivity index (χ2v) is 4.52. The summed E-state index contributed by atoms with van der Waals surface area (Å²) in [4.78, 5) is 4.37. The molecule has 0 spiro atoms. The van der Waals surface area contributed by atoms with Crippen LogP contribution < -0.4 is 10.1 Å². The average molecular weight is 282 g/mol. The molecule has 0 aliphatic heterocycles. The summed E-state index contributed by atoms with van der Waals surface area (Å²) >= 11 is 5.93. The van der Waals surface area contributed by atoms with E-state index in [-0.39, 0.29) is 6.04 Å². The van der Waals surface area contributed by atoms with Crippen LogP contribution in [0.2, 0.25) is 5.02 Å². The summed E-state index contributed by atoms with van der Waals surface area (Å²) in [5.74, 6) is 1.66. The molecule has 1 N–H and O–H groups in total. The molecular weight excluding hydrogens is 266 g/mol. The van der Waals surface area contributed by atoms with Crippen molar-refractivity contribution in [3.8, 4) is 17.1 Å². The quantitative estimate of drug-likeness (QED) is 0.913. The van der Waals surface area contributed by atoms with Crippen molar-refractivity contribution < 1.29 is 9.26 Å². The zero-order chi connectivity index (χ0) is 13.8. The van der Waals surface area contributed by atoms with Gasteiger partial charge in [0.15, 0.2) is 0 Å². The van der Waals surface area contributed by atoms with E-state index in [1.165, 1.54) is 0 Å². The molecule has 2 aromatic rings. The molecule has 0 aliphatic rings. The van der Waals surface area contributed by atoms with Crippen LogP contribution in [0.4, 0.5) is 0 Å². The highest BCUT2D eigenvalue weighted by atomic mass is 35.5. The van der Waals surface area contributed by atoms with Gasteiger partial charge in [-0.15, -0.1) is 0 Å². The maximum Gasteiger partial charge on any atom is 0.243 e. The van der Waals surface area contributed by atoms with E-state index in [1.54, 1.807) is 19.2 Å². The summed E-state index contributed by atoms with van der Waals surface area (Å²) in [6.45, 7) is 4.83. The van der Waals surface area contributed by atoms with Crippen molar-refractivity contribution in [2.24, 2.45) is 0 Å². The first kappa shape index (κ1) is 13.8. The summed E-state index contributed by atoms with van der Waals surface area (Å²) in [5.41, 5.74) is 0.755. The van der Waals surface area contributed by atoms with Crippen molar-refractivity contribution in [1.82, 2.24) is 15.5 Å². The predicted molar refractivity (Wildman–Crippen MR) is 73.4 cm³/mol. The van der Waals surface area contributed by atoms with Gasteiger partial charge in [-0.1, -0.05) is 23.7 Å². The molecule has 1 unspecified atom stereocenters. The van der Waals surface area contributed by atoms with Gasteiger partial charge in [-0.25, -0.2) is 0 Å².